The number of carboxylic acids is 1. The number of rotatable bonds is 4. The Bertz CT molecular complexity index is 606. The third-order valence-electron chi connectivity index (χ3n) is 4.27. The number of nitrogens with one attached hydrogen (secondary N) is 1. The van der Waals surface area contributed by atoms with Crippen LogP contribution in [0.3, 0.4) is 0 Å². The van der Waals surface area contributed by atoms with Crippen molar-refractivity contribution in [3.05, 3.63) is 29.3 Å². The van der Waals surface area contributed by atoms with E-state index in [1.165, 1.54) is 0 Å². The molecule has 5 nitrogen and oxygen atoms in total. The van der Waals surface area contributed by atoms with Gasteiger partial charge in [0, 0.05) is 11.7 Å². The van der Waals surface area contributed by atoms with E-state index in [1.807, 2.05) is 32.0 Å². The molecule has 1 aliphatic rings. The smallest absolute Gasteiger partial charge is 0.309 e. The number of benzene rings is 1. The van der Waals surface area contributed by atoms with Crippen molar-refractivity contribution in [1.29, 1.82) is 0 Å². The Morgan fingerprint density at radius 3 is 2.62 bits per heavy atom. The molecule has 0 saturated heterocycles. The van der Waals surface area contributed by atoms with Crippen LogP contribution in [0.5, 0.6) is 0 Å². The second kappa shape index (κ2) is 4.84. The quantitative estimate of drug-likeness (QED) is 0.794. The van der Waals surface area contributed by atoms with Gasteiger partial charge in [0.1, 0.15) is 0 Å². The van der Waals surface area contributed by atoms with Crippen LogP contribution in [0.1, 0.15) is 51.3 Å². The fourth-order valence-corrected chi connectivity index (χ4v) is 2.57. The van der Waals surface area contributed by atoms with E-state index >= 15 is 0 Å². The number of carboxylic acid groups (broad SMARTS) is 1. The summed E-state index contributed by atoms with van der Waals surface area (Å²) in [6.07, 6.45) is 0.336. The highest BCUT2D eigenvalue weighted by Crippen LogP contribution is 2.39. The molecule has 1 atom stereocenters. The maximum absolute atomic E-state index is 11.9. The van der Waals surface area contributed by atoms with Gasteiger partial charge in [0.2, 0.25) is 5.91 Å². The molecule has 4 N–H and O–H groups in total. The molecule has 0 spiro atoms. The molecule has 1 heterocycles. The molecule has 114 valence electrons. The standard InChI is InChI=1S/C16H22N2O3/c1-15(2,14(20)21)8-11(17)9-5-6-12-10(7-9)16(3,4)13(19)18-12/h5-7,11H,8,17H2,1-4H3,(H,18,19)(H,20,21). The molecule has 1 aliphatic heterocycles. The van der Waals surface area contributed by atoms with Gasteiger partial charge in [-0.25, -0.2) is 0 Å². The largest absolute Gasteiger partial charge is 0.481 e. The number of fused-ring (bicyclic) bond motifs is 1. The van der Waals surface area contributed by atoms with Crippen molar-refractivity contribution in [3.8, 4) is 0 Å². The van der Waals surface area contributed by atoms with E-state index in [0.29, 0.717) is 6.42 Å². The summed E-state index contributed by atoms with van der Waals surface area (Å²) in [4.78, 5) is 23.1. The number of anilines is 1. The predicted molar refractivity (Wildman–Crippen MR) is 81.1 cm³/mol. The van der Waals surface area contributed by atoms with Crippen molar-refractivity contribution in [3.63, 3.8) is 0 Å². The molecule has 21 heavy (non-hydrogen) atoms. The SMILES string of the molecule is CC(C)(CC(N)c1ccc2c(c1)C(C)(C)C(=O)N2)C(=O)O. The number of carbonyl (C=O) groups excluding carboxylic acids is 1. The summed E-state index contributed by atoms with van der Waals surface area (Å²) < 4.78 is 0. The molecule has 1 unspecified atom stereocenters. The lowest BCUT2D eigenvalue weighted by atomic mass is 9.81. The van der Waals surface area contributed by atoms with Gasteiger partial charge in [-0.2, -0.15) is 0 Å². The molecular formula is C16H22N2O3. The molecule has 1 amide bonds. The third-order valence-corrected chi connectivity index (χ3v) is 4.27. The number of amides is 1. The van der Waals surface area contributed by atoms with Crippen LogP contribution >= 0.6 is 0 Å². The lowest BCUT2D eigenvalue weighted by Crippen LogP contribution is -2.29. The Balaban J connectivity index is 2.30. The lowest BCUT2D eigenvalue weighted by molar-refractivity contribution is -0.147. The first-order chi connectivity index (χ1) is 9.55. The van der Waals surface area contributed by atoms with E-state index in [9.17, 15) is 14.7 Å². The Labute approximate surface area is 124 Å². The minimum Gasteiger partial charge on any atom is -0.481 e. The van der Waals surface area contributed by atoms with Gasteiger partial charge in [0.05, 0.1) is 10.8 Å². The van der Waals surface area contributed by atoms with Gasteiger partial charge in [0.15, 0.2) is 0 Å². The maximum Gasteiger partial charge on any atom is 0.309 e. The second-order valence-electron chi connectivity index (χ2n) is 6.88. The Morgan fingerprint density at radius 1 is 1.43 bits per heavy atom. The first-order valence-corrected chi connectivity index (χ1v) is 7.00. The Hall–Kier alpha value is -1.88. The Morgan fingerprint density at radius 2 is 2.05 bits per heavy atom. The zero-order valence-electron chi connectivity index (χ0n) is 12.9. The molecule has 1 aromatic rings. The van der Waals surface area contributed by atoms with E-state index in [-0.39, 0.29) is 11.9 Å². The topological polar surface area (TPSA) is 92.4 Å². The van der Waals surface area contributed by atoms with E-state index in [0.717, 1.165) is 16.8 Å². The van der Waals surface area contributed by atoms with Crippen LogP contribution in [-0.4, -0.2) is 17.0 Å². The fraction of sp³-hybridized carbons (Fsp3) is 0.500. The van der Waals surface area contributed by atoms with Gasteiger partial charge in [-0.05, 0) is 51.3 Å². The first-order valence-electron chi connectivity index (χ1n) is 7.00. The zero-order chi connectivity index (χ0) is 16.0. The third kappa shape index (κ3) is 2.65. The summed E-state index contributed by atoms with van der Waals surface area (Å²) in [6, 6.07) is 5.22. The number of aliphatic carboxylic acids is 1. The molecule has 0 saturated carbocycles. The van der Waals surface area contributed by atoms with Crippen LogP contribution in [-0.2, 0) is 15.0 Å². The maximum atomic E-state index is 11.9. The van der Waals surface area contributed by atoms with Crippen molar-refractivity contribution in [1.82, 2.24) is 0 Å². The minimum absolute atomic E-state index is 0.0333. The molecule has 0 aliphatic carbocycles. The van der Waals surface area contributed by atoms with Gasteiger partial charge in [0.25, 0.3) is 0 Å². The van der Waals surface area contributed by atoms with Crippen molar-refractivity contribution < 1.29 is 14.7 Å². The van der Waals surface area contributed by atoms with Gasteiger partial charge < -0.3 is 16.2 Å². The van der Waals surface area contributed by atoms with Crippen LogP contribution < -0.4 is 11.1 Å². The molecule has 0 radical (unpaired) electrons. The lowest BCUT2D eigenvalue weighted by Gasteiger charge is -2.24. The van der Waals surface area contributed by atoms with Crippen molar-refractivity contribution in [2.24, 2.45) is 11.1 Å². The van der Waals surface area contributed by atoms with Crippen LogP contribution in [0.15, 0.2) is 18.2 Å². The van der Waals surface area contributed by atoms with E-state index in [1.54, 1.807) is 13.8 Å². The highest BCUT2D eigenvalue weighted by molar-refractivity contribution is 6.05. The summed E-state index contributed by atoms with van der Waals surface area (Å²) in [7, 11) is 0. The molecule has 1 aromatic carbocycles. The predicted octanol–water partition coefficient (Wildman–Crippen LogP) is 2.42. The van der Waals surface area contributed by atoms with Crippen LogP contribution in [0.25, 0.3) is 0 Å². The van der Waals surface area contributed by atoms with E-state index in [4.69, 9.17) is 5.73 Å². The van der Waals surface area contributed by atoms with Crippen LogP contribution in [0, 0.1) is 5.41 Å². The number of hydrogen-bond acceptors (Lipinski definition) is 3. The highest BCUT2D eigenvalue weighted by Gasteiger charge is 2.39. The highest BCUT2D eigenvalue weighted by atomic mass is 16.4. The summed E-state index contributed by atoms with van der Waals surface area (Å²) >= 11 is 0. The van der Waals surface area contributed by atoms with Gasteiger partial charge in [-0.1, -0.05) is 12.1 Å². The normalized spacial score (nSPS) is 18.0. The number of nitrogens with two attached hydrogens (primary N) is 1. The first kappa shape index (κ1) is 15.5. The fourth-order valence-electron chi connectivity index (χ4n) is 2.57. The average molecular weight is 290 g/mol. The summed E-state index contributed by atoms with van der Waals surface area (Å²) in [6.45, 7) is 7.06. The van der Waals surface area contributed by atoms with Crippen molar-refractivity contribution in [2.75, 3.05) is 5.32 Å². The number of carbonyl (C=O) groups is 2. The monoisotopic (exact) mass is 290 g/mol. The van der Waals surface area contributed by atoms with Crippen LogP contribution in [0.2, 0.25) is 0 Å². The van der Waals surface area contributed by atoms with Crippen molar-refractivity contribution in [2.45, 2.75) is 45.6 Å². The summed E-state index contributed by atoms with van der Waals surface area (Å²) in [5, 5.41) is 12.0. The molecular weight excluding hydrogens is 268 g/mol. The zero-order valence-corrected chi connectivity index (χ0v) is 12.9. The average Bonchev–Trinajstić information content (AvgIpc) is 2.59. The Kier molecular flexibility index (Phi) is 3.58. The molecule has 5 heteroatoms. The summed E-state index contributed by atoms with van der Waals surface area (Å²) in [5.74, 6) is -0.898. The van der Waals surface area contributed by atoms with Gasteiger partial charge >= 0.3 is 5.97 Å². The molecule has 2 rings (SSSR count). The molecule has 0 fully saturated rings. The number of hydrogen-bond donors (Lipinski definition) is 3. The molecule has 0 bridgehead atoms. The van der Waals surface area contributed by atoms with Gasteiger partial charge in [-0.15, -0.1) is 0 Å². The van der Waals surface area contributed by atoms with Gasteiger partial charge in [-0.3, -0.25) is 9.59 Å². The molecule has 0 aromatic heterocycles. The van der Waals surface area contributed by atoms with E-state index < -0.39 is 16.8 Å². The minimum atomic E-state index is -0.887. The van der Waals surface area contributed by atoms with Crippen LogP contribution in [0.4, 0.5) is 5.69 Å². The van der Waals surface area contributed by atoms with E-state index in [2.05, 4.69) is 5.32 Å². The second-order valence-corrected chi connectivity index (χ2v) is 6.88. The van der Waals surface area contributed by atoms with Crippen molar-refractivity contribution >= 4 is 17.6 Å². The summed E-state index contributed by atoms with van der Waals surface area (Å²) in [5.41, 5.74) is 7.26.